The van der Waals surface area contributed by atoms with Crippen LogP contribution in [0.3, 0.4) is 0 Å². The number of hydrogen-bond acceptors (Lipinski definition) is 3. The molecule has 21 heavy (non-hydrogen) atoms. The molecule has 1 N–H and O–H groups in total. The van der Waals surface area contributed by atoms with E-state index in [0.29, 0.717) is 13.1 Å². The molecule has 0 aliphatic carbocycles. The first-order valence-corrected chi connectivity index (χ1v) is 7.15. The number of benzene rings is 1. The summed E-state index contributed by atoms with van der Waals surface area (Å²) in [7, 11) is 0. The lowest BCUT2D eigenvalue weighted by Crippen LogP contribution is -2.38. The van der Waals surface area contributed by atoms with Crippen LogP contribution in [0, 0.1) is 6.92 Å². The van der Waals surface area contributed by atoms with Gasteiger partial charge in [0.25, 0.3) is 0 Å². The van der Waals surface area contributed by atoms with Crippen molar-refractivity contribution in [3.05, 3.63) is 35.6 Å². The van der Waals surface area contributed by atoms with Gasteiger partial charge in [-0.3, -0.25) is 9.59 Å². The number of nitrogens with zero attached hydrogens (tertiary/aromatic N) is 1. The van der Waals surface area contributed by atoms with Crippen molar-refractivity contribution in [3.8, 4) is 0 Å². The van der Waals surface area contributed by atoms with Gasteiger partial charge in [0.15, 0.2) is 0 Å². The van der Waals surface area contributed by atoms with E-state index in [-0.39, 0.29) is 24.8 Å². The van der Waals surface area contributed by atoms with Gasteiger partial charge in [-0.1, -0.05) is 12.1 Å². The zero-order valence-corrected chi connectivity index (χ0v) is 12.0. The lowest BCUT2D eigenvalue weighted by Gasteiger charge is -2.18. The highest BCUT2D eigenvalue weighted by Crippen LogP contribution is 2.23. The lowest BCUT2D eigenvalue weighted by atomic mass is 10.1. The molecule has 1 aliphatic heterocycles. The molecule has 2 aromatic rings. The highest BCUT2D eigenvalue weighted by atomic mass is 16.3. The van der Waals surface area contributed by atoms with Gasteiger partial charge in [-0.2, -0.15) is 0 Å². The van der Waals surface area contributed by atoms with Crippen LogP contribution >= 0.6 is 0 Å². The molecule has 1 aromatic carbocycles. The third kappa shape index (κ3) is 2.91. The molecule has 2 amide bonds. The fourth-order valence-electron chi connectivity index (χ4n) is 2.62. The molecule has 0 radical (unpaired) electrons. The topological polar surface area (TPSA) is 62.6 Å². The molecule has 110 valence electrons. The maximum Gasteiger partial charge on any atom is 0.239 e. The van der Waals surface area contributed by atoms with Gasteiger partial charge in [0, 0.05) is 24.0 Å². The van der Waals surface area contributed by atoms with Crippen molar-refractivity contribution in [2.24, 2.45) is 0 Å². The van der Waals surface area contributed by atoms with Crippen molar-refractivity contribution < 1.29 is 14.0 Å². The van der Waals surface area contributed by atoms with Gasteiger partial charge < -0.3 is 14.6 Å². The van der Waals surface area contributed by atoms with Crippen LogP contribution in [0.15, 0.2) is 28.9 Å². The molecule has 5 nitrogen and oxygen atoms in total. The zero-order valence-electron chi connectivity index (χ0n) is 12.0. The Kier molecular flexibility index (Phi) is 3.64. The Hall–Kier alpha value is -2.30. The second-order valence-corrected chi connectivity index (χ2v) is 5.46. The highest BCUT2D eigenvalue weighted by molar-refractivity contribution is 5.90. The number of carbonyl (C=O) groups is 2. The van der Waals surface area contributed by atoms with Crippen molar-refractivity contribution >= 4 is 22.8 Å². The van der Waals surface area contributed by atoms with E-state index in [4.69, 9.17) is 4.42 Å². The molecule has 1 aromatic heterocycles. The zero-order chi connectivity index (χ0) is 14.8. The molecule has 0 saturated carbocycles. The molecule has 0 atom stereocenters. The first-order valence-electron chi connectivity index (χ1n) is 7.15. The number of furan rings is 1. The average Bonchev–Trinajstić information content (AvgIpc) is 2.70. The lowest BCUT2D eigenvalue weighted by molar-refractivity contribution is -0.134. The van der Waals surface area contributed by atoms with E-state index >= 15 is 0 Å². The van der Waals surface area contributed by atoms with Gasteiger partial charge in [-0.15, -0.1) is 0 Å². The minimum atomic E-state index is -0.0893. The van der Waals surface area contributed by atoms with Gasteiger partial charge in [-0.25, -0.2) is 0 Å². The van der Waals surface area contributed by atoms with Crippen molar-refractivity contribution in [2.45, 2.75) is 19.8 Å². The Morgan fingerprint density at radius 2 is 2.29 bits per heavy atom. The molecule has 1 fully saturated rings. The quantitative estimate of drug-likeness (QED) is 0.912. The predicted molar refractivity (Wildman–Crippen MR) is 78.9 cm³/mol. The van der Waals surface area contributed by atoms with Crippen LogP contribution in [-0.4, -0.2) is 36.3 Å². The van der Waals surface area contributed by atoms with Crippen LogP contribution in [0.5, 0.6) is 0 Å². The maximum atomic E-state index is 12.4. The molecule has 3 rings (SSSR count). The molecule has 0 bridgehead atoms. The van der Waals surface area contributed by atoms with E-state index in [1.165, 1.54) is 0 Å². The van der Waals surface area contributed by atoms with Crippen molar-refractivity contribution in [3.63, 3.8) is 0 Å². The number of fused-ring (bicyclic) bond motifs is 1. The second-order valence-electron chi connectivity index (χ2n) is 5.46. The van der Waals surface area contributed by atoms with E-state index in [0.717, 1.165) is 28.5 Å². The molecular weight excluding hydrogens is 268 g/mol. The number of hydrogen-bond donors (Lipinski definition) is 1. The SMILES string of the molecule is Cc1ccc2c(CC(=O)N3CCCNC(=O)C3)coc2c1. The van der Waals surface area contributed by atoms with Gasteiger partial charge in [0.1, 0.15) is 5.58 Å². The van der Waals surface area contributed by atoms with Crippen LogP contribution in [0.25, 0.3) is 11.0 Å². The molecule has 0 unspecified atom stereocenters. The number of rotatable bonds is 2. The van der Waals surface area contributed by atoms with Crippen LogP contribution < -0.4 is 5.32 Å². The Morgan fingerprint density at radius 1 is 1.43 bits per heavy atom. The van der Waals surface area contributed by atoms with E-state index in [9.17, 15) is 9.59 Å². The van der Waals surface area contributed by atoms with Crippen molar-refractivity contribution in [1.82, 2.24) is 10.2 Å². The predicted octanol–water partition coefficient (Wildman–Crippen LogP) is 1.63. The third-order valence-corrected chi connectivity index (χ3v) is 3.77. The fourth-order valence-corrected chi connectivity index (χ4v) is 2.62. The summed E-state index contributed by atoms with van der Waals surface area (Å²) in [4.78, 5) is 25.5. The van der Waals surface area contributed by atoms with Crippen molar-refractivity contribution in [1.29, 1.82) is 0 Å². The molecule has 1 saturated heterocycles. The smallest absolute Gasteiger partial charge is 0.239 e. The molecule has 0 spiro atoms. The molecule has 1 aliphatic rings. The van der Waals surface area contributed by atoms with Gasteiger partial charge in [-0.05, 0) is 25.0 Å². The maximum absolute atomic E-state index is 12.4. The summed E-state index contributed by atoms with van der Waals surface area (Å²) in [6.07, 6.45) is 2.70. The summed E-state index contributed by atoms with van der Waals surface area (Å²) >= 11 is 0. The fraction of sp³-hybridized carbons (Fsp3) is 0.375. The number of nitrogens with one attached hydrogen (secondary N) is 1. The van der Waals surface area contributed by atoms with Crippen LogP contribution in [-0.2, 0) is 16.0 Å². The summed E-state index contributed by atoms with van der Waals surface area (Å²) in [5.41, 5.74) is 2.80. The minimum Gasteiger partial charge on any atom is -0.464 e. The monoisotopic (exact) mass is 286 g/mol. The first kappa shape index (κ1) is 13.7. The number of carbonyl (C=O) groups excluding carboxylic acids is 2. The van der Waals surface area contributed by atoms with Crippen LogP contribution in [0.2, 0.25) is 0 Å². The van der Waals surface area contributed by atoms with E-state index in [1.807, 2.05) is 25.1 Å². The minimum absolute atomic E-state index is 0.0321. The van der Waals surface area contributed by atoms with E-state index < -0.39 is 0 Å². The second kappa shape index (κ2) is 5.60. The Morgan fingerprint density at radius 3 is 3.14 bits per heavy atom. The summed E-state index contributed by atoms with van der Waals surface area (Å²) in [6, 6.07) is 5.94. The summed E-state index contributed by atoms with van der Waals surface area (Å²) in [5, 5.41) is 3.74. The normalized spacial score (nSPS) is 15.9. The van der Waals surface area contributed by atoms with Crippen LogP contribution in [0.4, 0.5) is 0 Å². The molecule has 5 heteroatoms. The Balaban J connectivity index is 1.78. The standard InChI is InChI=1S/C16H18N2O3/c1-11-3-4-13-12(10-21-14(13)7-11)8-16(20)18-6-2-5-17-15(19)9-18/h3-4,7,10H,2,5-6,8-9H2,1H3,(H,17,19). The molecular formula is C16H18N2O3. The summed E-state index contributed by atoms with van der Waals surface area (Å²) < 4.78 is 5.51. The number of amides is 2. The van der Waals surface area contributed by atoms with Gasteiger partial charge in [0.05, 0.1) is 19.2 Å². The Bertz CT molecular complexity index is 690. The van der Waals surface area contributed by atoms with E-state index in [1.54, 1.807) is 11.2 Å². The largest absolute Gasteiger partial charge is 0.464 e. The molecule has 2 heterocycles. The third-order valence-electron chi connectivity index (χ3n) is 3.77. The Labute approximate surface area is 122 Å². The average molecular weight is 286 g/mol. The number of aryl methyl sites for hydroxylation is 1. The first-order chi connectivity index (χ1) is 10.1. The summed E-state index contributed by atoms with van der Waals surface area (Å²) in [6.45, 7) is 3.40. The van der Waals surface area contributed by atoms with Crippen LogP contribution in [0.1, 0.15) is 17.5 Å². The highest BCUT2D eigenvalue weighted by Gasteiger charge is 2.21. The van der Waals surface area contributed by atoms with Gasteiger partial charge >= 0.3 is 0 Å². The van der Waals surface area contributed by atoms with Gasteiger partial charge in [0.2, 0.25) is 11.8 Å². The van der Waals surface area contributed by atoms with Crippen molar-refractivity contribution in [2.75, 3.05) is 19.6 Å². The van der Waals surface area contributed by atoms with E-state index in [2.05, 4.69) is 5.32 Å². The summed E-state index contributed by atoms with van der Waals surface area (Å²) in [5.74, 6) is -0.121.